The molecular weight excluding hydrogens is 468 g/mol. The van der Waals surface area contributed by atoms with Crippen LogP contribution in [0.25, 0.3) is 0 Å². The molecule has 4 aliphatic rings. The Kier molecular flexibility index (Phi) is 6.23. The van der Waals surface area contributed by atoms with E-state index in [0.717, 1.165) is 10.6 Å². The number of carboxylic acids is 1. The van der Waals surface area contributed by atoms with Crippen molar-refractivity contribution in [3.63, 3.8) is 0 Å². The van der Waals surface area contributed by atoms with Crippen LogP contribution in [0.1, 0.15) is 59.2 Å². The fraction of sp³-hybridized carbons (Fsp3) is 0.520. The van der Waals surface area contributed by atoms with Gasteiger partial charge >= 0.3 is 5.97 Å². The number of hydrogen-bond acceptors (Lipinski definition) is 7. The quantitative estimate of drug-likeness (QED) is 0.578. The molecule has 1 aromatic carbocycles. The highest BCUT2D eigenvalue weighted by molar-refractivity contribution is 6.23. The number of piperazine rings is 1. The van der Waals surface area contributed by atoms with Crippen molar-refractivity contribution in [3.8, 4) is 0 Å². The number of nitrogens with one attached hydrogen (secondary N) is 1. The molecule has 1 aromatic rings. The number of carbonyl (C=O) groups is 6. The summed E-state index contributed by atoms with van der Waals surface area (Å²) in [5, 5.41) is 11.4. The summed E-state index contributed by atoms with van der Waals surface area (Å²) in [5.74, 6) is -3.34. The zero-order valence-corrected chi connectivity index (χ0v) is 19.8. The van der Waals surface area contributed by atoms with Crippen molar-refractivity contribution >= 4 is 41.2 Å². The highest BCUT2D eigenvalue weighted by Crippen LogP contribution is 2.32. The monoisotopic (exact) mass is 496 g/mol. The Balaban J connectivity index is 1.22. The number of carbonyl (C=O) groups excluding carboxylic acids is 5. The van der Waals surface area contributed by atoms with Crippen LogP contribution < -0.4 is 10.2 Å². The lowest BCUT2D eigenvalue weighted by atomic mass is 9.81. The van der Waals surface area contributed by atoms with E-state index in [0.29, 0.717) is 51.9 Å². The Hall–Kier alpha value is -3.76. The molecule has 2 saturated heterocycles. The molecule has 3 aliphatic heterocycles. The van der Waals surface area contributed by atoms with E-state index in [-0.39, 0.29) is 41.7 Å². The maximum absolute atomic E-state index is 13.1. The van der Waals surface area contributed by atoms with Crippen LogP contribution in [-0.4, -0.2) is 82.6 Å². The van der Waals surface area contributed by atoms with Gasteiger partial charge in [0.25, 0.3) is 11.8 Å². The molecule has 0 spiro atoms. The Labute approximate surface area is 207 Å². The molecule has 1 aliphatic carbocycles. The van der Waals surface area contributed by atoms with Crippen molar-refractivity contribution in [2.24, 2.45) is 11.8 Å². The Bertz CT molecular complexity index is 1150. The van der Waals surface area contributed by atoms with Gasteiger partial charge < -0.3 is 14.9 Å². The zero-order valence-electron chi connectivity index (χ0n) is 19.8. The van der Waals surface area contributed by atoms with Crippen LogP contribution in [0, 0.1) is 11.8 Å². The minimum Gasteiger partial charge on any atom is -0.481 e. The third-order valence-corrected chi connectivity index (χ3v) is 7.81. The van der Waals surface area contributed by atoms with Crippen LogP contribution in [0.5, 0.6) is 0 Å². The van der Waals surface area contributed by atoms with Gasteiger partial charge in [-0.25, -0.2) is 0 Å². The lowest BCUT2D eigenvalue weighted by molar-refractivity contribution is -0.145. The largest absolute Gasteiger partial charge is 0.481 e. The molecule has 0 aromatic heterocycles. The number of imide groups is 2. The summed E-state index contributed by atoms with van der Waals surface area (Å²) >= 11 is 0. The van der Waals surface area contributed by atoms with Gasteiger partial charge in [-0.15, -0.1) is 0 Å². The summed E-state index contributed by atoms with van der Waals surface area (Å²) in [5.41, 5.74) is 1.23. The van der Waals surface area contributed by atoms with Gasteiger partial charge in [-0.05, 0) is 50.3 Å². The van der Waals surface area contributed by atoms with E-state index < -0.39 is 35.6 Å². The van der Waals surface area contributed by atoms with E-state index in [4.69, 9.17) is 5.11 Å². The van der Waals surface area contributed by atoms with Crippen molar-refractivity contribution in [2.45, 2.75) is 44.6 Å². The fourth-order valence-corrected chi connectivity index (χ4v) is 5.69. The number of benzene rings is 1. The Morgan fingerprint density at radius 2 is 1.47 bits per heavy atom. The molecule has 1 saturated carbocycles. The molecule has 5 rings (SSSR count). The van der Waals surface area contributed by atoms with Gasteiger partial charge in [-0.1, -0.05) is 0 Å². The number of piperidine rings is 1. The number of rotatable bonds is 4. The molecule has 0 radical (unpaired) electrons. The predicted molar refractivity (Wildman–Crippen MR) is 125 cm³/mol. The lowest BCUT2D eigenvalue weighted by Gasteiger charge is -2.38. The van der Waals surface area contributed by atoms with Crippen molar-refractivity contribution in [3.05, 3.63) is 29.3 Å². The van der Waals surface area contributed by atoms with Gasteiger partial charge in [-0.3, -0.25) is 39.0 Å². The molecular formula is C25H28N4O7. The zero-order chi connectivity index (χ0) is 25.6. The number of carboxylic acid groups (broad SMARTS) is 1. The molecule has 1 atom stereocenters. The van der Waals surface area contributed by atoms with Crippen molar-refractivity contribution in [1.82, 2.24) is 15.1 Å². The van der Waals surface area contributed by atoms with Gasteiger partial charge in [0.05, 0.1) is 17.0 Å². The van der Waals surface area contributed by atoms with E-state index in [9.17, 15) is 28.8 Å². The first-order chi connectivity index (χ1) is 17.2. The van der Waals surface area contributed by atoms with Crippen LogP contribution in [0.2, 0.25) is 0 Å². The summed E-state index contributed by atoms with van der Waals surface area (Å²) in [7, 11) is 0. The molecule has 3 fully saturated rings. The smallest absolute Gasteiger partial charge is 0.306 e. The van der Waals surface area contributed by atoms with E-state index in [2.05, 4.69) is 10.2 Å². The second-order valence-electron chi connectivity index (χ2n) is 9.88. The fourth-order valence-electron chi connectivity index (χ4n) is 5.69. The van der Waals surface area contributed by atoms with Gasteiger partial charge in [0.2, 0.25) is 17.7 Å². The van der Waals surface area contributed by atoms with Crippen molar-refractivity contribution in [1.29, 1.82) is 0 Å². The standard InChI is InChI=1S/C25H28N4O7/c30-20-8-7-19(21(31)26-20)29-23(33)17-6-5-16(13-18(17)24(29)34)27-9-11-28(12-10-27)22(32)14-1-3-15(4-2-14)25(35)36/h5-6,13-15,19H,1-4,7-12H2,(H,35,36)(H,26,30,31)/t14-,15+,19?. The van der Waals surface area contributed by atoms with Gasteiger partial charge in [0, 0.05) is 44.2 Å². The predicted octanol–water partition coefficient (Wildman–Crippen LogP) is 0.627. The highest BCUT2D eigenvalue weighted by atomic mass is 16.4. The number of aliphatic carboxylic acids is 1. The second-order valence-corrected chi connectivity index (χ2v) is 9.88. The summed E-state index contributed by atoms with van der Waals surface area (Å²) < 4.78 is 0. The number of fused-ring (bicyclic) bond motifs is 1. The molecule has 5 amide bonds. The maximum Gasteiger partial charge on any atom is 0.306 e. The molecule has 0 bridgehead atoms. The molecule has 190 valence electrons. The minimum atomic E-state index is -1.00. The van der Waals surface area contributed by atoms with Gasteiger partial charge in [0.1, 0.15) is 6.04 Å². The van der Waals surface area contributed by atoms with Crippen LogP contribution in [0.3, 0.4) is 0 Å². The first-order valence-corrected chi connectivity index (χ1v) is 12.4. The minimum absolute atomic E-state index is 0.0685. The van der Waals surface area contributed by atoms with E-state index >= 15 is 0 Å². The van der Waals surface area contributed by atoms with Gasteiger partial charge in [-0.2, -0.15) is 0 Å². The number of nitrogens with zero attached hydrogens (tertiary/aromatic N) is 3. The van der Waals surface area contributed by atoms with Crippen molar-refractivity contribution in [2.75, 3.05) is 31.1 Å². The summed E-state index contributed by atoms with van der Waals surface area (Å²) in [4.78, 5) is 78.6. The molecule has 1 unspecified atom stereocenters. The first-order valence-electron chi connectivity index (χ1n) is 12.4. The first kappa shape index (κ1) is 24.0. The molecule has 11 heteroatoms. The maximum atomic E-state index is 13.1. The third kappa shape index (κ3) is 4.22. The topological polar surface area (TPSA) is 144 Å². The van der Waals surface area contributed by atoms with E-state index in [1.807, 2.05) is 4.90 Å². The Morgan fingerprint density at radius 3 is 2.11 bits per heavy atom. The molecule has 2 N–H and O–H groups in total. The molecule has 3 heterocycles. The van der Waals surface area contributed by atoms with Crippen LogP contribution >= 0.6 is 0 Å². The second kappa shape index (κ2) is 9.36. The average Bonchev–Trinajstić information content (AvgIpc) is 3.13. The van der Waals surface area contributed by atoms with Crippen molar-refractivity contribution < 1.29 is 33.9 Å². The third-order valence-electron chi connectivity index (χ3n) is 7.81. The average molecular weight is 497 g/mol. The lowest BCUT2D eigenvalue weighted by Crippen LogP contribution is -2.54. The summed E-state index contributed by atoms with van der Waals surface area (Å²) in [6, 6.07) is 4.02. The molecule has 36 heavy (non-hydrogen) atoms. The SMILES string of the molecule is O=C1CCC(N2C(=O)c3ccc(N4CCN(C(=O)[C@H]5CC[C@@H](C(=O)O)CC5)CC4)cc3C2=O)C(=O)N1. The summed E-state index contributed by atoms with van der Waals surface area (Å²) in [6.07, 6.45) is 2.43. The number of anilines is 1. The van der Waals surface area contributed by atoms with Gasteiger partial charge in [0.15, 0.2) is 0 Å². The summed E-state index contributed by atoms with van der Waals surface area (Å²) in [6.45, 7) is 2.16. The van der Waals surface area contributed by atoms with E-state index in [1.54, 1.807) is 18.2 Å². The normalized spacial score (nSPS) is 26.7. The van der Waals surface area contributed by atoms with Crippen LogP contribution in [0.4, 0.5) is 5.69 Å². The van der Waals surface area contributed by atoms with Crippen LogP contribution in [-0.2, 0) is 19.2 Å². The van der Waals surface area contributed by atoms with E-state index in [1.165, 1.54) is 0 Å². The number of hydrogen-bond donors (Lipinski definition) is 2. The molecule has 11 nitrogen and oxygen atoms in total. The number of amides is 5. The highest BCUT2D eigenvalue weighted by Gasteiger charge is 2.45. The Morgan fingerprint density at radius 1 is 0.833 bits per heavy atom. The van der Waals surface area contributed by atoms with Crippen LogP contribution in [0.15, 0.2) is 18.2 Å².